The Balaban J connectivity index is 1.87. The van der Waals surface area contributed by atoms with Crippen LogP contribution in [0.1, 0.15) is 37.2 Å². The van der Waals surface area contributed by atoms with Gasteiger partial charge in [-0.3, -0.25) is 0 Å². The smallest absolute Gasteiger partial charge is 0.259 e. The van der Waals surface area contributed by atoms with Crippen LogP contribution in [-0.2, 0) is 9.47 Å². The Morgan fingerprint density at radius 2 is 1.27 bits per heavy atom. The number of ether oxygens (including phenoxy) is 2. The van der Waals surface area contributed by atoms with Crippen LogP contribution in [0.5, 0.6) is 0 Å². The molecule has 0 saturated carbocycles. The quantitative estimate of drug-likeness (QED) is 0.776. The van der Waals surface area contributed by atoms with E-state index >= 15 is 0 Å². The molecule has 2 atom stereocenters. The molecule has 0 radical (unpaired) electrons. The maximum absolute atomic E-state index is 6.04. The van der Waals surface area contributed by atoms with Crippen LogP contribution in [0.2, 0.25) is 0 Å². The normalized spacial score (nSPS) is 22.7. The minimum absolute atomic E-state index is 0.141. The third-order valence-corrected chi connectivity index (χ3v) is 3.56. The minimum Gasteiger partial charge on any atom is -0.323 e. The molecule has 0 bridgehead atoms. The number of nitrogens with zero attached hydrogens (tertiary/aromatic N) is 1. The fourth-order valence-electron chi connectivity index (χ4n) is 2.53. The van der Waals surface area contributed by atoms with Crippen LogP contribution in [0.3, 0.4) is 0 Å². The largest absolute Gasteiger partial charge is 0.323 e. The molecule has 1 saturated heterocycles. The SMILES string of the molecule is CC(C)/C=N/C1O[C@H](c2ccccc2)[C@@H](c2ccccc2)O1. The summed E-state index contributed by atoms with van der Waals surface area (Å²) in [6.07, 6.45) is 1.05. The van der Waals surface area contributed by atoms with E-state index < -0.39 is 6.41 Å². The number of benzene rings is 2. The molecule has 3 rings (SSSR count). The van der Waals surface area contributed by atoms with Gasteiger partial charge in [0.25, 0.3) is 6.41 Å². The first-order valence-electron chi connectivity index (χ1n) is 7.68. The van der Waals surface area contributed by atoms with Crippen molar-refractivity contribution < 1.29 is 9.47 Å². The average molecular weight is 295 g/mol. The van der Waals surface area contributed by atoms with E-state index in [0.717, 1.165) is 11.1 Å². The summed E-state index contributed by atoms with van der Waals surface area (Å²) in [5, 5.41) is 0. The number of aliphatic imine (C=N–C) groups is 1. The Bertz CT molecular complexity index is 562. The average Bonchev–Trinajstić information content (AvgIpc) is 2.99. The van der Waals surface area contributed by atoms with E-state index in [2.05, 4.69) is 43.1 Å². The van der Waals surface area contributed by atoms with Crippen LogP contribution >= 0.6 is 0 Å². The van der Waals surface area contributed by atoms with Gasteiger partial charge in [-0.15, -0.1) is 0 Å². The third-order valence-electron chi connectivity index (χ3n) is 3.56. The molecule has 1 heterocycles. The Labute approximate surface area is 131 Å². The van der Waals surface area contributed by atoms with Crippen LogP contribution in [0, 0.1) is 5.92 Å². The zero-order valence-electron chi connectivity index (χ0n) is 12.9. The van der Waals surface area contributed by atoms with Gasteiger partial charge in [0, 0.05) is 6.21 Å². The Morgan fingerprint density at radius 3 is 1.68 bits per heavy atom. The number of rotatable bonds is 4. The Hall–Kier alpha value is -1.97. The van der Waals surface area contributed by atoms with Crippen molar-refractivity contribution in [3.05, 3.63) is 71.8 Å². The zero-order chi connectivity index (χ0) is 15.4. The highest BCUT2D eigenvalue weighted by Crippen LogP contribution is 2.42. The Kier molecular flexibility index (Phi) is 4.66. The van der Waals surface area contributed by atoms with Crippen molar-refractivity contribution in [3.63, 3.8) is 0 Å². The number of hydrogen-bond acceptors (Lipinski definition) is 3. The summed E-state index contributed by atoms with van der Waals surface area (Å²) in [6, 6.07) is 20.4. The van der Waals surface area contributed by atoms with Crippen molar-refractivity contribution in [2.24, 2.45) is 10.9 Å². The number of hydrogen-bond donors (Lipinski definition) is 0. The zero-order valence-corrected chi connectivity index (χ0v) is 12.9. The molecule has 0 aromatic heterocycles. The van der Waals surface area contributed by atoms with E-state index in [4.69, 9.17) is 9.47 Å². The van der Waals surface area contributed by atoms with Gasteiger partial charge in [0.1, 0.15) is 12.2 Å². The van der Waals surface area contributed by atoms with E-state index in [1.807, 2.05) is 42.6 Å². The van der Waals surface area contributed by atoms with Crippen molar-refractivity contribution in [2.75, 3.05) is 0 Å². The minimum atomic E-state index is -0.544. The first-order valence-corrected chi connectivity index (χ1v) is 7.68. The van der Waals surface area contributed by atoms with Gasteiger partial charge >= 0.3 is 0 Å². The second-order valence-corrected chi connectivity index (χ2v) is 5.78. The van der Waals surface area contributed by atoms with E-state index in [1.54, 1.807) is 0 Å². The standard InChI is InChI=1S/C19H21NO2/c1-14(2)13-20-19-21-17(15-9-5-3-6-10-15)18(22-19)16-11-7-4-8-12-16/h3-14,17-19H,1-2H3/b20-13+/t17-,18-/m1/s1. The lowest BCUT2D eigenvalue weighted by molar-refractivity contribution is -0.0587. The highest BCUT2D eigenvalue weighted by molar-refractivity contribution is 5.59. The lowest BCUT2D eigenvalue weighted by Gasteiger charge is -2.17. The molecule has 2 aromatic carbocycles. The molecule has 0 spiro atoms. The topological polar surface area (TPSA) is 30.8 Å². The predicted octanol–water partition coefficient (Wildman–Crippen LogP) is 4.53. The molecule has 0 amide bonds. The first kappa shape index (κ1) is 14.9. The third kappa shape index (κ3) is 3.43. The highest BCUT2D eigenvalue weighted by Gasteiger charge is 2.37. The maximum atomic E-state index is 6.04. The molecule has 22 heavy (non-hydrogen) atoms. The van der Waals surface area contributed by atoms with E-state index in [1.165, 1.54) is 0 Å². The highest BCUT2D eigenvalue weighted by atomic mass is 16.7. The molecule has 3 heteroatoms. The van der Waals surface area contributed by atoms with E-state index in [0.29, 0.717) is 5.92 Å². The molecule has 1 aliphatic heterocycles. The first-order chi connectivity index (χ1) is 10.7. The van der Waals surface area contributed by atoms with Crippen LogP contribution < -0.4 is 0 Å². The van der Waals surface area contributed by atoms with E-state index in [9.17, 15) is 0 Å². The van der Waals surface area contributed by atoms with Gasteiger partial charge in [-0.1, -0.05) is 74.5 Å². The summed E-state index contributed by atoms with van der Waals surface area (Å²) >= 11 is 0. The summed E-state index contributed by atoms with van der Waals surface area (Å²) in [6.45, 7) is 4.17. The predicted molar refractivity (Wildman–Crippen MR) is 87.7 cm³/mol. The molecule has 0 unspecified atom stereocenters. The van der Waals surface area contributed by atoms with Gasteiger partial charge in [-0.05, 0) is 17.0 Å². The second-order valence-electron chi connectivity index (χ2n) is 5.78. The molecule has 2 aromatic rings. The van der Waals surface area contributed by atoms with Gasteiger partial charge in [-0.2, -0.15) is 0 Å². The molecule has 3 nitrogen and oxygen atoms in total. The van der Waals surface area contributed by atoms with Gasteiger partial charge in [0.15, 0.2) is 0 Å². The maximum Gasteiger partial charge on any atom is 0.259 e. The van der Waals surface area contributed by atoms with Crippen molar-refractivity contribution >= 4 is 6.21 Å². The van der Waals surface area contributed by atoms with Crippen molar-refractivity contribution in [2.45, 2.75) is 32.5 Å². The van der Waals surface area contributed by atoms with Crippen LogP contribution in [0.4, 0.5) is 0 Å². The van der Waals surface area contributed by atoms with E-state index in [-0.39, 0.29) is 12.2 Å². The molecular formula is C19H21NO2. The molecule has 0 aliphatic carbocycles. The summed E-state index contributed by atoms with van der Waals surface area (Å²) in [7, 11) is 0. The summed E-state index contributed by atoms with van der Waals surface area (Å²) in [5.74, 6) is 0.373. The lowest BCUT2D eigenvalue weighted by Crippen LogP contribution is -2.06. The fraction of sp³-hybridized carbons (Fsp3) is 0.316. The van der Waals surface area contributed by atoms with Crippen molar-refractivity contribution in [3.8, 4) is 0 Å². The monoisotopic (exact) mass is 295 g/mol. The Morgan fingerprint density at radius 1 is 0.818 bits per heavy atom. The van der Waals surface area contributed by atoms with Crippen LogP contribution in [-0.4, -0.2) is 12.6 Å². The van der Waals surface area contributed by atoms with Gasteiger partial charge in [0.2, 0.25) is 0 Å². The van der Waals surface area contributed by atoms with Crippen LogP contribution in [0.25, 0.3) is 0 Å². The fourth-order valence-corrected chi connectivity index (χ4v) is 2.53. The molecular weight excluding hydrogens is 274 g/mol. The van der Waals surface area contributed by atoms with Crippen molar-refractivity contribution in [1.82, 2.24) is 0 Å². The second kappa shape index (κ2) is 6.86. The summed E-state index contributed by atoms with van der Waals surface area (Å²) < 4.78 is 12.1. The lowest BCUT2D eigenvalue weighted by atomic mass is 9.99. The summed E-state index contributed by atoms with van der Waals surface area (Å²) in [5.41, 5.74) is 2.22. The molecule has 1 fully saturated rings. The van der Waals surface area contributed by atoms with Gasteiger partial charge in [0.05, 0.1) is 0 Å². The summed E-state index contributed by atoms with van der Waals surface area (Å²) in [4.78, 5) is 4.40. The molecule has 0 N–H and O–H groups in total. The van der Waals surface area contributed by atoms with Crippen molar-refractivity contribution in [1.29, 1.82) is 0 Å². The van der Waals surface area contributed by atoms with Gasteiger partial charge < -0.3 is 9.47 Å². The molecule has 1 aliphatic rings. The van der Waals surface area contributed by atoms with Crippen LogP contribution in [0.15, 0.2) is 65.7 Å². The molecule has 114 valence electrons. The van der Waals surface area contributed by atoms with Gasteiger partial charge in [-0.25, -0.2) is 4.99 Å².